The molecule has 4 rings (SSSR count). The SMILES string of the molecule is NC(=O)c1c(NC(=O)CSc2nnc(-c3cccs3)o2)sc2c1CCCC2. The van der Waals surface area contributed by atoms with Gasteiger partial charge in [-0.3, -0.25) is 9.59 Å². The van der Waals surface area contributed by atoms with E-state index in [4.69, 9.17) is 10.2 Å². The second-order valence-electron chi connectivity index (χ2n) is 5.97. The Morgan fingerprint density at radius 3 is 2.93 bits per heavy atom. The molecule has 0 spiro atoms. The molecule has 2 amide bonds. The number of anilines is 1. The van der Waals surface area contributed by atoms with Crippen molar-refractivity contribution in [2.24, 2.45) is 5.73 Å². The van der Waals surface area contributed by atoms with Crippen LogP contribution in [0.2, 0.25) is 0 Å². The molecule has 0 bridgehead atoms. The van der Waals surface area contributed by atoms with Crippen LogP contribution in [-0.2, 0) is 17.6 Å². The molecular weight excluding hydrogens is 404 g/mol. The van der Waals surface area contributed by atoms with Crippen LogP contribution in [0, 0.1) is 0 Å². The van der Waals surface area contributed by atoms with Gasteiger partial charge in [-0.05, 0) is 42.7 Å². The number of rotatable bonds is 6. The summed E-state index contributed by atoms with van der Waals surface area (Å²) < 4.78 is 5.56. The zero-order valence-electron chi connectivity index (χ0n) is 14.2. The summed E-state index contributed by atoms with van der Waals surface area (Å²) in [6.07, 6.45) is 3.90. The van der Waals surface area contributed by atoms with Crippen LogP contribution in [0.25, 0.3) is 10.8 Å². The van der Waals surface area contributed by atoms with Gasteiger partial charge >= 0.3 is 0 Å². The number of nitrogens with one attached hydrogen (secondary N) is 1. The van der Waals surface area contributed by atoms with Gasteiger partial charge in [-0.1, -0.05) is 17.8 Å². The zero-order valence-corrected chi connectivity index (χ0v) is 16.6. The number of thiophene rings is 2. The van der Waals surface area contributed by atoms with E-state index in [-0.39, 0.29) is 11.7 Å². The van der Waals surface area contributed by atoms with E-state index < -0.39 is 5.91 Å². The maximum Gasteiger partial charge on any atom is 0.277 e. The van der Waals surface area contributed by atoms with Crippen molar-refractivity contribution in [3.05, 3.63) is 33.5 Å². The average Bonchev–Trinajstić information content (AvgIpc) is 3.38. The zero-order chi connectivity index (χ0) is 18.8. The highest BCUT2D eigenvalue weighted by Gasteiger charge is 2.25. The lowest BCUT2D eigenvalue weighted by Gasteiger charge is -2.11. The molecule has 7 nitrogen and oxygen atoms in total. The second kappa shape index (κ2) is 7.83. The Balaban J connectivity index is 1.41. The monoisotopic (exact) mass is 420 g/mol. The topological polar surface area (TPSA) is 111 Å². The van der Waals surface area contributed by atoms with Crippen LogP contribution in [0.5, 0.6) is 0 Å². The van der Waals surface area contributed by atoms with Crippen molar-refractivity contribution in [2.75, 3.05) is 11.1 Å². The van der Waals surface area contributed by atoms with Gasteiger partial charge in [0.15, 0.2) is 0 Å². The van der Waals surface area contributed by atoms with Crippen LogP contribution < -0.4 is 11.1 Å². The van der Waals surface area contributed by atoms with E-state index >= 15 is 0 Å². The molecule has 0 aromatic carbocycles. The molecule has 0 saturated heterocycles. The van der Waals surface area contributed by atoms with E-state index in [1.54, 1.807) is 0 Å². The van der Waals surface area contributed by atoms with Gasteiger partial charge in [0.1, 0.15) is 5.00 Å². The summed E-state index contributed by atoms with van der Waals surface area (Å²) in [7, 11) is 0. The molecule has 3 heterocycles. The van der Waals surface area contributed by atoms with Gasteiger partial charge in [-0.15, -0.1) is 32.9 Å². The van der Waals surface area contributed by atoms with E-state index in [0.717, 1.165) is 52.8 Å². The molecule has 10 heteroatoms. The summed E-state index contributed by atoms with van der Waals surface area (Å²) in [5, 5.41) is 13.6. The number of nitrogens with zero attached hydrogens (tertiary/aromatic N) is 2. The number of carbonyl (C=O) groups excluding carboxylic acids is 2. The fourth-order valence-corrected chi connectivity index (χ4v) is 5.49. The number of hydrogen-bond acceptors (Lipinski definition) is 8. The van der Waals surface area contributed by atoms with Crippen molar-refractivity contribution in [1.29, 1.82) is 0 Å². The lowest BCUT2D eigenvalue weighted by atomic mass is 9.95. The molecule has 0 saturated carbocycles. The van der Waals surface area contributed by atoms with Gasteiger partial charge < -0.3 is 15.5 Å². The Labute approximate surface area is 167 Å². The van der Waals surface area contributed by atoms with E-state index in [9.17, 15) is 9.59 Å². The molecular formula is C17H16N4O3S3. The minimum atomic E-state index is -0.491. The lowest BCUT2D eigenvalue weighted by Crippen LogP contribution is -2.19. The number of carbonyl (C=O) groups is 2. The summed E-state index contributed by atoms with van der Waals surface area (Å²) in [4.78, 5) is 26.2. The number of aromatic nitrogens is 2. The minimum Gasteiger partial charge on any atom is -0.410 e. The number of primary amides is 1. The predicted molar refractivity (Wildman–Crippen MR) is 106 cm³/mol. The number of hydrogen-bond donors (Lipinski definition) is 2. The summed E-state index contributed by atoms with van der Waals surface area (Å²) in [5.41, 5.74) is 7.01. The predicted octanol–water partition coefficient (Wildman–Crippen LogP) is 3.57. The Bertz CT molecular complexity index is 978. The maximum absolute atomic E-state index is 12.3. The molecule has 140 valence electrons. The average molecular weight is 421 g/mol. The van der Waals surface area contributed by atoms with Crippen molar-refractivity contribution in [2.45, 2.75) is 30.9 Å². The number of fused-ring (bicyclic) bond motifs is 1. The first-order valence-corrected chi connectivity index (χ1v) is 11.0. The van der Waals surface area contributed by atoms with Gasteiger partial charge in [0.25, 0.3) is 17.0 Å². The smallest absolute Gasteiger partial charge is 0.277 e. The van der Waals surface area contributed by atoms with E-state index in [0.29, 0.717) is 21.7 Å². The van der Waals surface area contributed by atoms with Crippen LogP contribution in [0.4, 0.5) is 5.00 Å². The quantitative estimate of drug-likeness (QED) is 0.590. The molecule has 0 radical (unpaired) electrons. The number of nitrogens with two attached hydrogens (primary N) is 1. The third-order valence-electron chi connectivity index (χ3n) is 4.14. The highest BCUT2D eigenvalue weighted by molar-refractivity contribution is 7.99. The summed E-state index contributed by atoms with van der Waals surface area (Å²) in [6.45, 7) is 0. The van der Waals surface area contributed by atoms with E-state index in [1.807, 2.05) is 17.5 Å². The molecule has 3 aromatic rings. The first-order valence-electron chi connectivity index (χ1n) is 8.36. The van der Waals surface area contributed by atoms with Crippen LogP contribution in [-0.4, -0.2) is 27.8 Å². The first kappa shape index (κ1) is 18.2. The number of thioether (sulfide) groups is 1. The Morgan fingerprint density at radius 2 is 2.15 bits per heavy atom. The molecule has 27 heavy (non-hydrogen) atoms. The van der Waals surface area contributed by atoms with Crippen LogP contribution in [0.15, 0.2) is 27.2 Å². The second-order valence-corrected chi connectivity index (χ2v) is 8.95. The van der Waals surface area contributed by atoms with Gasteiger partial charge in [0.05, 0.1) is 16.2 Å². The summed E-state index contributed by atoms with van der Waals surface area (Å²) in [5.74, 6) is -0.186. The van der Waals surface area contributed by atoms with Crippen LogP contribution >= 0.6 is 34.4 Å². The van der Waals surface area contributed by atoms with Gasteiger partial charge in [0.2, 0.25) is 5.91 Å². The number of aryl methyl sites for hydroxylation is 1. The molecule has 1 aliphatic rings. The summed E-state index contributed by atoms with van der Waals surface area (Å²) in [6, 6.07) is 3.80. The Kier molecular flexibility index (Phi) is 5.28. The van der Waals surface area contributed by atoms with Crippen molar-refractivity contribution in [1.82, 2.24) is 10.2 Å². The fourth-order valence-electron chi connectivity index (χ4n) is 2.97. The Hall–Kier alpha value is -2.17. The highest BCUT2D eigenvalue weighted by Crippen LogP contribution is 2.38. The molecule has 3 aromatic heterocycles. The standard InChI is InChI=1S/C17H16N4O3S3/c18-14(23)13-9-4-1-2-5-10(9)27-16(13)19-12(22)8-26-17-21-20-15(24-17)11-6-3-7-25-11/h3,6-7H,1-2,4-5,8H2,(H2,18,23)(H,19,22). The van der Waals surface area contributed by atoms with Crippen molar-refractivity contribution in [3.8, 4) is 10.8 Å². The van der Waals surface area contributed by atoms with Gasteiger partial charge in [0, 0.05) is 4.88 Å². The Morgan fingerprint density at radius 1 is 1.30 bits per heavy atom. The normalized spacial score (nSPS) is 13.3. The van der Waals surface area contributed by atoms with E-state index in [1.165, 1.54) is 22.7 Å². The highest BCUT2D eigenvalue weighted by atomic mass is 32.2. The molecule has 0 unspecified atom stereocenters. The van der Waals surface area contributed by atoms with Crippen molar-refractivity contribution in [3.63, 3.8) is 0 Å². The van der Waals surface area contributed by atoms with Crippen molar-refractivity contribution < 1.29 is 14.0 Å². The number of amides is 2. The lowest BCUT2D eigenvalue weighted by molar-refractivity contribution is -0.113. The third-order valence-corrected chi connectivity index (χ3v) is 7.02. The van der Waals surface area contributed by atoms with Crippen LogP contribution in [0.1, 0.15) is 33.6 Å². The fraction of sp³-hybridized carbons (Fsp3) is 0.294. The molecule has 1 aliphatic carbocycles. The maximum atomic E-state index is 12.3. The molecule has 3 N–H and O–H groups in total. The van der Waals surface area contributed by atoms with Crippen LogP contribution in [0.3, 0.4) is 0 Å². The first-order chi connectivity index (χ1) is 13.1. The molecule has 0 aliphatic heterocycles. The third kappa shape index (κ3) is 3.92. The van der Waals surface area contributed by atoms with E-state index in [2.05, 4.69) is 15.5 Å². The summed E-state index contributed by atoms with van der Waals surface area (Å²) >= 11 is 4.11. The molecule has 0 atom stereocenters. The molecule has 0 fully saturated rings. The largest absolute Gasteiger partial charge is 0.410 e. The van der Waals surface area contributed by atoms with Crippen molar-refractivity contribution >= 4 is 51.3 Å². The minimum absolute atomic E-state index is 0.104. The van der Waals surface area contributed by atoms with Gasteiger partial charge in [-0.25, -0.2) is 0 Å². The van der Waals surface area contributed by atoms with Gasteiger partial charge in [-0.2, -0.15) is 0 Å².